The number of anilines is 1. The van der Waals surface area contributed by atoms with E-state index in [1.807, 2.05) is 30.3 Å². The molecule has 1 heterocycles. The fraction of sp³-hybridized carbons (Fsp3) is 0.158. The van der Waals surface area contributed by atoms with Gasteiger partial charge in [0.1, 0.15) is 9.88 Å². The van der Waals surface area contributed by atoms with E-state index in [0.717, 1.165) is 17.8 Å². The maximum absolute atomic E-state index is 12.7. The number of hydrogen-bond acceptors (Lipinski definition) is 3. The lowest BCUT2D eigenvalue weighted by atomic mass is 10.1. The first-order valence-corrected chi connectivity index (χ1v) is 8.57. The lowest BCUT2D eigenvalue weighted by molar-refractivity contribution is -0.137. The first kappa shape index (κ1) is 18.1. The number of hydrogen-bond donors (Lipinski definition) is 0. The molecule has 0 unspecified atom stereocenters. The predicted octanol–water partition coefficient (Wildman–Crippen LogP) is 5.41. The molecule has 1 amide bonds. The average molecular weight is 376 g/mol. The van der Waals surface area contributed by atoms with Crippen molar-refractivity contribution in [2.24, 2.45) is 0 Å². The van der Waals surface area contributed by atoms with Crippen molar-refractivity contribution >= 4 is 22.9 Å². The van der Waals surface area contributed by atoms with Crippen molar-refractivity contribution in [2.45, 2.75) is 13.1 Å². The fourth-order valence-corrected chi connectivity index (χ4v) is 3.49. The Morgan fingerprint density at radius 2 is 1.65 bits per heavy atom. The molecule has 0 saturated carbocycles. The lowest BCUT2D eigenvalue weighted by Gasteiger charge is -2.16. The summed E-state index contributed by atoms with van der Waals surface area (Å²) in [4.78, 5) is 19.1. The molecule has 0 aliphatic carbocycles. The molecule has 0 radical (unpaired) electrons. The zero-order valence-electron chi connectivity index (χ0n) is 14.0. The van der Waals surface area contributed by atoms with Gasteiger partial charge in [-0.3, -0.25) is 4.79 Å². The number of para-hydroxylation sites is 1. The largest absolute Gasteiger partial charge is 0.416 e. The van der Waals surface area contributed by atoms with Gasteiger partial charge < -0.3 is 4.90 Å². The molecule has 0 bridgehead atoms. The van der Waals surface area contributed by atoms with Crippen LogP contribution in [-0.2, 0) is 6.18 Å². The summed E-state index contributed by atoms with van der Waals surface area (Å²) < 4.78 is 38.0. The second kappa shape index (κ2) is 6.92. The summed E-state index contributed by atoms with van der Waals surface area (Å²) in [5, 5.41) is 0.515. The van der Waals surface area contributed by atoms with Crippen molar-refractivity contribution in [3.8, 4) is 10.6 Å². The van der Waals surface area contributed by atoms with Crippen molar-refractivity contribution in [2.75, 3.05) is 11.9 Å². The Morgan fingerprint density at radius 1 is 1.04 bits per heavy atom. The smallest absolute Gasteiger partial charge is 0.311 e. The monoisotopic (exact) mass is 376 g/mol. The van der Waals surface area contributed by atoms with Gasteiger partial charge in [0.05, 0.1) is 11.3 Å². The number of alkyl halides is 3. The van der Waals surface area contributed by atoms with Gasteiger partial charge in [-0.25, -0.2) is 4.98 Å². The van der Waals surface area contributed by atoms with E-state index in [0.29, 0.717) is 21.1 Å². The minimum absolute atomic E-state index is 0.204. The molecule has 1 aromatic heterocycles. The molecule has 134 valence electrons. The van der Waals surface area contributed by atoms with E-state index >= 15 is 0 Å². The van der Waals surface area contributed by atoms with E-state index in [4.69, 9.17) is 0 Å². The third kappa shape index (κ3) is 3.62. The maximum Gasteiger partial charge on any atom is 0.416 e. The highest BCUT2D eigenvalue weighted by molar-refractivity contribution is 7.17. The maximum atomic E-state index is 12.7. The highest BCUT2D eigenvalue weighted by atomic mass is 32.1. The Labute approximate surface area is 152 Å². The van der Waals surface area contributed by atoms with E-state index in [1.165, 1.54) is 28.4 Å². The number of aromatic nitrogens is 1. The SMILES string of the molecule is Cc1nc(-c2ccc(C(F)(F)F)cc2)sc1C(=O)N(C)c1ccccc1. The van der Waals surface area contributed by atoms with Gasteiger partial charge in [0.2, 0.25) is 0 Å². The minimum atomic E-state index is -4.38. The predicted molar refractivity (Wildman–Crippen MR) is 96.5 cm³/mol. The van der Waals surface area contributed by atoms with Crippen LogP contribution >= 0.6 is 11.3 Å². The number of nitrogens with zero attached hydrogens (tertiary/aromatic N) is 2. The molecule has 0 saturated heterocycles. The van der Waals surface area contributed by atoms with Crippen molar-refractivity contribution in [1.82, 2.24) is 4.98 Å². The molecule has 3 aromatic rings. The van der Waals surface area contributed by atoms with Crippen LogP contribution in [0.2, 0.25) is 0 Å². The number of carbonyl (C=O) groups excluding carboxylic acids is 1. The Hall–Kier alpha value is -2.67. The van der Waals surface area contributed by atoms with E-state index in [9.17, 15) is 18.0 Å². The van der Waals surface area contributed by atoms with E-state index in [1.54, 1.807) is 14.0 Å². The summed E-state index contributed by atoms with van der Waals surface area (Å²) >= 11 is 1.17. The molecule has 2 aromatic carbocycles. The van der Waals surface area contributed by atoms with Gasteiger partial charge in [-0.1, -0.05) is 30.3 Å². The van der Waals surface area contributed by atoms with Crippen LogP contribution in [0.25, 0.3) is 10.6 Å². The molecule has 0 aliphatic rings. The highest BCUT2D eigenvalue weighted by Crippen LogP contribution is 2.33. The first-order chi connectivity index (χ1) is 12.3. The fourth-order valence-electron chi connectivity index (χ4n) is 2.44. The van der Waals surface area contributed by atoms with E-state index in [2.05, 4.69) is 4.98 Å². The molecular formula is C19H15F3N2OS. The number of benzene rings is 2. The Bertz CT molecular complexity index is 918. The second-order valence-corrected chi connectivity index (χ2v) is 6.71. The van der Waals surface area contributed by atoms with Crippen LogP contribution in [0.3, 0.4) is 0 Å². The minimum Gasteiger partial charge on any atom is -0.311 e. The van der Waals surface area contributed by atoms with Crippen LogP contribution < -0.4 is 4.90 Å². The van der Waals surface area contributed by atoms with E-state index in [-0.39, 0.29) is 5.91 Å². The number of amides is 1. The normalized spacial score (nSPS) is 11.4. The molecule has 3 nitrogen and oxygen atoms in total. The number of thiazole rings is 1. The molecule has 3 rings (SSSR count). The van der Waals surface area contributed by atoms with Crippen LogP contribution in [0, 0.1) is 6.92 Å². The van der Waals surface area contributed by atoms with Gasteiger partial charge in [-0.15, -0.1) is 11.3 Å². The summed E-state index contributed by atoms with van der Waals surface area (Å²) in [5.74, 6) is -0.204. The zero-order chi connectivity index (χ0) is 18.9. The van der Waals surface area contributed by atoms with Crippen LogP contribution in [-0.4, -0.2) is 17.9 Å². The van der Waals surface area contributed by atoms with Crippen LogP contribution in [0.4, 0.5) is 18.9 Å². The van der Waals surface area contributed by atoms with Crippen molar-refractivity contribution in [1.29, 1.82) is 0 Å². The number of halogens is 3. The zero-order valence-corrected chi connectivity index (χ0v) is 14.9. The third-order valence-electron chi connectivity index (χ3n) is 3.90. The second-order valence-electron chi connectivity index (χ2n) is 5.71. The van der Waals surface area contributed by atoms with Gasteiger partial charge >= 0.3 is 6.18 Å². The summed E-state index contributed by atoms with van der Waals surface area (Å²) in [6, 6.07) is 14.0. The molecule has 26 heavy (non-hydrogen) atoms. The standard InChI is InChI=1S/C19H15F3N2OS/c1-12-16(18(25)24(2)15-6-4-3-5-7-15)26-17(23-12)13-8-10-14(11-9-13)19(20,21)22/h3-11H,1-2H3. The van der Waals surface area contributed by atoms with Crippen molar-refractivity contribution in [3.63, 3.8) is 0 Å². The molecular weight excluding hydrogens is 361 g/mol. The first-order valence-electron chi connectivity index (χ1n) is 7.75. The molecule has 0 atom stereocenters. The van der Waals surface area contributed by atoms with Gasteiger partial charge in [-0.2, -0.15) is 13.2 Å². The van der Waals surface area contributed by atoms with E-state index < -0.39 is 11.7 Å². The van der Waals surface area contributed by atoms with Gasteiger partial charge in [-0.05, 0) is 31.2 Å². The Morgan fingerprint density at radius 3 is 2.23 bits per heavy atom. The molecule has 7 heteroatoms. The average Bonchev–Trinajstić information content (AvgIpc) is 3.02. The quantitative estimate of drug-likeness (QED) is 0.612. The van der Waals surface area contributed by atoms with Gasteiger partial charge in [0, 0.05) is 18.3 Å². The summed E-state index contributed by atoms with van der Waals surface area (Å²) in [6.45, 7) is 1.72. The summed E-state index contributed by atoms with van der Waals surface area (Å²) in [6.07, 6.45) is -4.38. The number of carbonyl (C=O) groups is 1. The summed E-state index contributed by atoms with van der Waals surface area (Å²) in [7, 11) is 1.68. The molecule has 0 aliphatic heterocycles. The number of aryl methyl sites for hydroxylation is 1. The van der Waals surface area contributed by atoms with Crippen molar-refractivity contribution < 1.29 is 18.0 Å². The highest BCUT2D eigenvalue weighted by Gasteiger charge is 2.30. The molecule has 0 spiro atoms. The Balaban J connectivity index is 1.88. The van der Waals surface area contributed by atoms with Crippen LogP contribution in [0.15, 0.2) is 54.6 Å². The van der Waals surface area contributed by atoms with Gasteiger partial charge in [0.15, 0.2) is 0 Å². The Kier molecular flexibility index (Phi) is 4.82. The topological polar surface area (TPSA) is 33.2 Å². The lowest BCUT2D eigenvalue weighted by Crippen LogP contribution is -2.25. The molecule has 0 N–H and O–H groups in total. The van der Waals surface area contributed by atoms with Crippen molar-refractivity contribution in [3.05, 3.63) is 70.7 Å². The third-order valence-corrected chi connectivity index (χ3v) is 5.09. The van der Waals surface area contributed by atoms with Crippen LogP contribution in [0.1, 0.15) is 20.9 Å². The van der Waals surface area contributed by atoms with Crippen LogP contribution in [0.5, 0.6) is 0 Å². The molecule has 0 fully saturated rings. The summed E-state index contributed by atoms with van der Waals surface area (Å²) in [5.41, 5.74) is 1.14. The van der Waals surface area contributed by atoms with Gasteiger partial charge in [0.25, 0.3) is 5.91 Å². The number of rotatable bonds is 3.